The van der Waals surface area contributed by atoms with Gasteiger partial charge in [-0.2, -0.15) is 4.31 Å². The molecule has 6 nitrogen and oxygen atoms in total. The van der Waals surface area contributed by atoms with Gasteiger partial charge in [-0.1, -0.05) is 26.0 Å². The summed E-state index contributed by atoms with van der Waals surface area (Å²) in [5, 5.41) is 2.92. The molecule has 0 bridgehead atoms. The average molecular weight is 354 g/mol. The van der Waals surface area contributed by atoms with Crippen LogP contribution in [0.3, 0.4) is 0 Å². The standard InChI is InChI=1S/C17H26N2O4S/c1-17(2,13-7-9-14(23-3)10-8-13)12-18-16(20)15-6-5-11-19(15)24(4,21)22/h7-10,15H,5-6,11-12H2,1-4H3,(H,18,20). The largest absolute Gasteiger partial charge is 0.497 e. The van der Waals surface area contributed by atoms with Crippen molar-refractivity contribution in [1.29, 1.82) is 0 Å². The predicted octanol–water partition coefficient (Wildman–Crippen LogP) is 1.51. The minimum absolute atomic E-state index is 0.223. The summed E-state index contributed by atoms with van der Waals surface area (Å²) < 4.78 is 30.0. The first-order valence-corrected chi connectivity index (χ1v) is 9.89. The smallest absolute Gasteiger partial charge is 0.238 e. The zero-order valence-corrected chi connectivity index (χ0v) is 15.5. The van der Waals surface area contributed by atoms with E-state index in [0.29, 0.717) is 25.9 Å². The van der Waals surface area contributed by atoms with Crippen LogP contribution in [0, 0.1) is 0 Å². The van der Waals surface area contributed by atoms with Crippen LogP contribution in [-0.2, 0) is 20.2 Å². The molecule has 0 spiro atoms. The normalized spacial score (nSPS) is 19.2. The maximum absolute atomic E-state index is 12.4. The Kier molecular flexibility index (Phi) is 5.55. The number of methoxy groups -OCH3 is 1. The molecule has 1 aliphatic heterocycles. The molecule has 134 valence electrons. The molecule has 1 N–H and O–H groups in total. The van der Waals surface area contributed by atoms with Crippen molar-refractivity contribution in [2.45, 2.75) is 38.1 Å². The molecular weight excluding hydrogens is 328 g/mol. The second kappa shape index (κ2) is 7.11. The molecule has 0 aromatic heterocycles. The molecule has 2 rings (SSSR count). The van der Waals surface area contributed by atoms with E-state index in [9.17, 15) is 13.2 Å². The average Bonchev–Trinajstić information content (AvgIpc) is 3.03. The number of hydrogen-bond donors (Lipinski definition) is 1. The predicted molar refractivity (Wildman–Crippen MR) is 93.6 cm³/mol. The third kappa shape index (κ3) is 4.27. The highest BCUT2D eigenvalue weighted by atomic mass is 32.2. The van der Waals surface area contributed by atoms with Gasteiger partial charge in [-0.15, -0.1) is 0 Å². The van der Waals surface area contributed by atoms with Gasteiger partial charge in [0.15, 0.2) is 0 Å². The van der Waals surface area contributed by atoms with Gasteiger partial charge in [-0.25, -0.2) is 8.42 Å². The zero-order chi connectivity index (χ0) is 18.0. The molecule has 0 saturated carbocycles. The lowest BCUT2D eigenvalue weighted by molar-refractivity contribution is -0.124. The van der Waals surface area contributed by atoms with E-state index in [0.717, 1.165) is 17.6 Å². The van der Waals surface area contributed by atoms with Gasteiger partial charge in [0.25, 0.3) is 0 Å². The summed E-state index contributed by atoms with van der Waals surface area (Å²) in [5.41, 5.74) is 0.811. The number of carbonyl (C=O) groups excluding carboxylic acids is 1. The first-order valence-electron chi connectivity index (χ1n) is 8.04. The number of sulfonamides is 1. The van der Waals surface area contributed by atoms with E-state index in [1.165, 1.54) is 4.31 Å². The van der Waals surface area contributed by atoms with Gasteiger partial charge >= 0.3 is 0 Å². The number of carbonyl (C=O) groups is 1. The minimum atomic E-state index is -3.35. The van der Waals surface area contributed by atoms with Gasteiger partial charge in [0.1, 0.15) is 11.8 Å². The van der Waals surface area contributed by atoms with E-state index in [-0.39, 0.29) is 11.3 Å². The van der Waals surface area contributed by atoms with Crippen LogP contribution < -0.4 is 10.1 Å². The molecule has 1 unspecified atom stereocenters. The Morgan fingerprint density at radius 2 is 1.96 bits per heavy atom. The van der Waals surface area contributed by atoms with Crippen molar-refractivity contribution in [2.75, 3.05) is 26.5 Å². The van der Waals surface area contributed by atoms with Gasteiger partial charge < -0.3 is 10.1 Å². The highest BCUT2D eigenvalue weighted by Gasteiger charge is 2.36. The van der Waals surface area contributed by atoms with Crippen LogP contribution in [0.1, 0.15) is 32.3 Å². The molecule has 1 fully saturated rings. The topological polar surface area (TPSA) is 75.7 Å². The van der Waals surface area contributed by atoms with Gasteiger partial charge in [0.05, 0.1) is 13.4 Å². The molecule has 0 aliphatic carbocycles. The van der Waals surface area contributed by atoms with E-state index >= 15 is 0 Å². The second-order valence-electron chi connectivity index (χ2n) is 6.86. The lowest BCUT2D eigenvalue weighted by Gasteiger charge is -2.28. The van der Waals surface area contributed by atoms with Crippen molar-refractivity contribution in [3.05, 3.63) is 29.8 Å². The summed E-state index contributed by atoms with van der Waals surface area (Å²) in [6.07, 6.45) is 2.44. The monoisotopic (exact) mass is 354 g/mol. The third-order valence-corrected chi connectivity index (χ3v) is 5.80. The summed E-state index contributed by atoms with van der Waals surface area (Å²) in [6, 6.07) is 7.14. The SMILES string of the molecule is COc1ccc(C(C)(C)CNC(=O)C2CCCN2S(C)(=O)=O)cc1. The van der Waals surface area contributed by atoms with Crippen molar-refractivity contribution in [1.82, 2.24) is 9.62 Å². The number of nitrogens with zero attached hydrogens (tertiary/aromatic N) is 1. The van der Waals surface area contributed by atoms with Crippen LogP contribution in [-0.4, -0.2) is 51.1 Å². The Hall–Kier alpha value is -1.60. The van der Waals surface area contributed by atoms with E-state index in [1.54, 1.807) is 7.11 Å². The second-order valence-corrected chi connectivity index (χ2v) is 8.80. The fourth-order valence-electron chi connectivity index (χ4n) is 2.97. The first-order chi connectivity index (χ1) is 11.1. The Morgan fingerprint density at radius 3 is 2.50 bits per heavy atom. The highest BCUT2D eigenvalue weighted by molar-refractivity contribution is 7.88. The lowest BCUT2D eigenvalue weighted by Crippen LogP contribution is -2.48. The molecular formula is C17H26N2O4S. The molecule has 7 heteroatoms. The maximum atomic E-state index is 12.4. The Balaban J connectivity index is 2.01. The lowest BCUT2D eigenvalue weighted by atomic mass is 9.84. The molecule has 1 aliphatic rings. The molecule has 1 heterocycles. The van der Waals surface area contributed by atoms with E-state index in [1.807, 2.05) is 38.1 Å². The number of rotatable bonds is 6. The fourth-order valence-corrected chi connectivity index (χ4v) is 4.09. The van der Waals surface area contributed by atoms with Gasteiger partial charge in [0, 0.05) is 18.5 Å². The van der Waals surface area contributed by atoms with Crippen molar-refractivity contribution in [3.8, 4) is 5.75 Å². The fraction of sp³-hybridized carbons (Fsp3) is 0.588. The maximum Gasteiger partial charge on any atom is 0.238 e. The molecule has 1 atom stereocenters. The van der Waals surface area contributed by atoms with Crippen LogP contribution >= 0.6 is 0 Å². The zero-order valence-electron chi connectivity index (χ0n) is 14.7. The number of benzene rings is 1. The van der Waals surface area contributed by atoms with Crippen molar-refractivity contribution >= 4 is 15.9 Å². The number of ether oxygens (including phenoxy) is 1. The quantitative estimate of drug-likeness (QED) is 0.840. The van der Waals surface area contributed by atoms with Gasteiger partial charge in [-0.05, 0) is 30.5 Å². The van der Waals surface area contributed by atoms with Gasteiger partial charge in [0.2, 0.25) is 15.9 Å². The molecule has 1 aromatic carbocycles. The van der Waals surface area contributed by atoms with Crippen LogP contribution in [0.5, 0.6) is 5.75 Å². The molecule has 1 aromatic rings. The Morgan fingerprint density at radius 1 is 1.33 bits per heavy atom. The summed E-state index contributed by atoms with van der Waals surface area (Å²) in [5.74, 6) is 0.563. The van der Waals surface area contributed by atoms with Crippen molar-refractivity contribution in [3.63, 3.8) is 0 Å². The Labute approximate surface area is 144 Å². The molecule has 24 heavy (non-hydrogen) atoms. The van der Waals surface area contributed by atoms with Crippen LogP contribution in [0.15, 0.2) is 24.3 Å². The third-order valence-electron chi connectivity index (χ3n) is 4.51. The minimum Gasteiger partial charge on any atom is -0.497 e. The van der Waals surface area contributed by atoms with Crippen molar-refractivity contribution < 1.29 is 17.9 Å². The summed E-state index contributed by atoms with van der Waals surface area (Å²) in [7, 11) is -1.73. The van der Waals surface area contributed by atoms with Gasteiger partial charge in [-0.3, -0.25) is 4.79 Å². The van der Waals surface area contributed by atoms with Crippen LogP contribution in [0.4, 0.5) is 0 Å². The summed E-state index contributed by atoms with van der Waals surface area (Å²) >= 11 is 0. The van der Waals surface area contributed by atoms with E-state index in [4.69, 9.17) is 4.74 Å². The first kappa shape index (κ1) is 18.7. The number of nitrogens with one attached hydrogen (secondary N) is 1. The van der Waals surface area contributed by atoms with Crippen LogP contribution in [0.2, 0.25) is 0 Å². The molecule has 0 radical (unpaired) electrons. The van der Waals surface area contributed by atoms with Crippen LogP contribution in [0.25, 0.3) is 0 Å². The number of hydrogen-bond acceptors (Lipinski definition) is 4. The van der Waals surface area contributed by atoms with E-state index < -0.39 is 16.1 Å². The van der Waals surface area contributed by atoms with E-state index in [2.05, 4.69) is 5.32 Å². The molecule has 1 saturated heterocycles. The Bertz CT molecular complexity index is 683. The highest BCUT2D eigenvalue weighted by Crippen LogP contribution is 2.25. The van der Waals surface area contributed by atoms with Crippen molar-refractivity contribution in [2.24, 2.45) is 0 Å². The number of amides is 1. The summed E-state index contributed by atoms with van der Waals surface area (Å²) in [6.45, 7) is 4.93. The molecule has 1 amide bonds. The summed E-state index contributed by atoms with van der Waals surface area (Å²) in [4.78, 5) is 12.4.